The van der Waals surface area contributed by atoms with Gasteiger partial charge in [-0.05, 0) is 37.6 Å². The van der Waals surface area contributed by atoms with Crippen LogP contribution in [-0.4, -0.2) is 18.2 Å². The van der Waals surface area contributed by atoms with E-state index in [9.17, 15) is 8.42 Å². The molecule has 1 aromatic carbocycles. The molecule has 5 nitrogen and oxygen atoms in total. The van der Waals surface area contributed by atoms with Crippen molar-refractivity contribution in [3.63, 3.8) is 0 Å². The summed E-state index contributed by atoms with van der Waals surface area (Å²) < 4.78 is 26.6. The number of hydrogen-bond acceptors (Lipinski definition) is 4. The number of hydrogen-bond donors (Lipinski definition) is 1. The lowest BCUT2D eigenvalue weighted by Crippen LogP contribution is -2.10. The second kappa shape index (κ2) is 6.07. The molecule has 1 aromatic heterocycles. The minimum absolute atomic E-state index is 0.0492. The fourth-order valence-corrected chi connectivity index (χ4v) is 3.61. The highest BCUT2D eigenvalue weighted by Crippen LogP contribution is 2.25. The first-order chi connectivity index (χ1) is 9.83. The van der Waals surface area contributed by atoms with Crippen LogP contribution in [0, 0.1) is 0 Å². The Hall–Kier alpha value is -1.53. The van der Waals surface area contributed by atoms with E-state index in [1.165, 1.54) is 12.1 Å². The molecule has 2 N–H and O–H groups in total. The molecular weight excluding hydrogens is 310 g/mol. The van der Waals surface area contributed by atoms with Gasteiger partial charge in [-0.25, -0.2) is 8.42 Å². The molecule has 1 unspecified atom stereocenters. The molecule has 0 aliphatic rings. The van der Waals surface area contributed by atoms with Crippen LogP contribution >= 0.6 is 11.6 Å². The Balaban J connectivity index is 2.29. The average molecular weight is 328 g/mol. The van der Waals surface area contributed by atoms with Crippen molar-refractivity contribution in [1.82, 2.24) is 9.78 Å². The van der Waals surface area contributed by atoms with Crippen molar-refractivity contribution in [1.29, 1.82) is 0 Å². The molecule has 2 aromatic rings. The van der Waals surface area contributed by atoms with Crippen molar-refractivity contribution in [3.8, 4) is 0 Å². The fraction of sp³-hybridized carbons (Fsp3) is 0.357. The normalized spacial score (nSPS) is 13.3. The second-order valence-corrected chi connectivity index (χ2v) is 7.38. The molecule has 21 heavy (non-hydrogen) atoms. The van der Waals surface area contributed by atoms with Gasteiger partial charge in [0.25, 0.3) is 0 Å². The van der Waals surface area contributed by atoms with Gasteiger partial charge < -0.3 is 5.73 Å². The summed E-state index contributed by atoms with van der Waals surface area (Å²) in [5.74, 6) is -0.193. The van der Waals surface area contributed by atoms with Crippen LogP contribution < -0.4 is 5.73 Å². The van der Waals surface area contributed by atoms with Gasteiger partial charge in [-0.15, -0.1) is 0 Å². The molecule has 0 radical (unpaired) electrons. The molecule has 114 valence electrons. The van der Waals surface area contributed by atoms with Crippen LogP contribution in [0.2, 0.25) is 5.02 Å². The topological polar surface area (TPSA) is 78.0 Å². The summed E-state index contributed by atoms with van der Waals surface area (Å²) >= 11 is 5.85. The third kappa shape index (κ3) is 3.57. The first-order valence-corrected chi connectivity index (χ1v) is 8.68. The first kappa shape index (κ1) is 15.9. The van der Waals surface area contributed by atoms with Gasteiger partial charge in [0.2, 0.25) is 0 Å². The number of sulfone groups is 1. The Bertz CT molecular complexity index is 740. The maximum Gasteiger partial charge on any atom is 0.186 e. The summed E-state index contributed by atoms with van der Waals surface area (Å²) in [6.45, 7) is 4.08. The van der Waals surface area contributed by atoms with Crippen molar-refractivity contribution >= 4 is 27.1 Å². The van der Waals surface area contributed by atoms with E-state index in [0.717, 1.165) is 6.42 Å². The molecule has 0 bridgehead atoms. The molecule has 7 heteroatoms. The molecular formula is C14H18ClN3O2S. The number of nitrogens with two attached hydrogens (primary N) is 1. The molecule has 1 heterocycles. The van der Waals surface area contributed by atoms with Crippen LogP contribution in [0.15, 0.2) is 35.4 Å². The third-order valence-corrected chi connectivity index (χ3v) is 5.29. The number of aromatic nitrogens is 2. The smallest absolute Gasteiger partial charge is 0.186 e. The summed E-state index contributed by atoms with van der Waals surface area (Å²) in [6.07, 6.45) is 2.72. The minimum atomic E-state index is -3.57. The Morgan fingerprint density at radius 1 is 1.38 bits per heavy atom. The van der Waals surface area contributed by atoms with E-state index in [2.05, 4.69) is 12.0 Å². The van der Waals surface area contributed by atoms with E-state index in [1.54, 1.807) is 23.0 Å². The fourth-order valence-electron chi connectivity index (χ4n) is 1.94. The van der Waals surface area contributed by atoms with E-state index in [0.29, 0.717) is 10.7 Å². The lowest BCUT2D eigenvalue weighted by atomic mass is 10.3. The predicted molar refractivity (Wildman–Crippen MR) is 84.0 cm³/mol. The highest BCUT2D eigenvalue weighted by molar-refractivity contribution is 7.90. The zero-order chi connectivity index (χ0) is 15.6. The molecule has 0 aliphatic carbocycles. The maximum absolute atomic E-state index is 12.4. The van der Waals surface area contributed by atoms with Crippen LogP contribution in [0.5, 0.6) is 0 Å². The van der Waals surface area contributed by atoms with Gasteiger partial charge in [-0.3, -0.25) is 4.68 Å². The van der Waals surface area contributed by atoms with Crippen molar-refractivity contribution < 1.29 is 8.42 Å². The van der Waals surface area contributed by atoms with Crippen molar-refractivity contribution in [2.24, 2.45) is 0 Å². The van der Waals surface area contributed by atoms with E-state index >= 15 is 0 Å². The van der Waals surface area contributed by atoms with Crippen LogP contribution in [0.25, 0.3) is 0 Å². The van der Waals surface area contributed by atoms with Crippen LogP contribution in [0.4, 0.5) is 5.69 Å². The Morgan fingerprint density at radius 2 is 2.10 bits per heavy atom. The predicted octanol–water partition coefficient (Wildman–Crippen LogP) is 3.06. The van der Waals surface area contributed by atoms with Gasteiger partial charge in [0.15, 0.2) is 9.84 Å². The van der Waals surface area contributed by atoms with Gasteiger partial charge in [0.05, 0.1) is 22.0 Å². The summed E-state index contributed by atoms with van der Waals surface area (Å²) in [5, 5.41) is 4.65. The number of halogens is 1. The number of nitrogen functional groups attached to an aromatic ring is 1. The van der Waals surface area contributed by atoms with E-state index < -0.39 is 9.84 Å². The average Bonchev–Trinajstić information content (AvgIpc) is 2.88. The molecule has 0 spiro atoms. The summed E-state index contributed by atoms with van der Waals surface area (Å²) in [4.78, 5) is 0.0492. The monoisotopic (exact) mass is 327 g/mol. The molecule has 2 rings (SSSR count). The lowest BCUT2D eigenvalue weighted by molar-refractivity contribution is 0.475. The van der Waals surface area contributed by atoms with Crippen molar-refractivity contribution in [2.75, 3.05) is 5.73 Å². The van der Waals surface area contributed by atoms with Crippen LogP contribution in [0.1, 0.15) is 32.0 Å². The number of benzene rings is 1. The Morgan fingerprint density at radius 3 is 2.76 bits per heavy atom. The summed E-state index contributed by atoms with van der Waals surface area (Å²) in [7, 11) is -3.57. The van der Waals surface area contributed by atoms with Gasteiger partial charge in [0.1, 0.15) is 0 Å². The highest BCUT2D eigenvalue weighted by atomic mass is 35.5. The van der Waals surface area contributed by atoms with E-state index in [4.69, 9.17) is 17.3 Å². The lowest BCUT2D eigenvalue weighted by Gasteiger charge is -2.09. The molecule has 0 fully saturated rings. The zero-order valence-electron chi connectivity index (χ0n) is 12.0. The van der Waals surface area contributed by atoms with Gasteiger partial charge in [-0.1, -0.05) is 18.5 Å². The van der Waals surface area contributed by atoms with Crippen LogP contribution in [0.3, 0.4) is 0 Å². The molecule has 0 amide bonds. The largest absolute Gasteiger partial charge is 0.398 e. The molecule has 1 atom stereocenters. The second-order valence-electron chi connectivity index (χ2n) is 4.99. The molecule has 0 saturated heterocycles. The quantitative estimate of drug-likeness (QED) is 0.856. The van der Waals surface area contributed by atoms with Crippen LogP contribution in [-0.2, 0) is 15.6 Å². The molecule has 0 aliphatic heterocycles. The summed E-state index contributed by atoms with van der Waals surface area (Å²) in [5.41, 5.74) is 6.43. The summed E-state index contributed by atoms with van der Waals surface area (Å²) in [6, 6.07) is 6.38. The molecule has 0 saturated carbocycles. The van der Waals surface area contributed by atoms with Gasteiger partial charge in [-0.2, -0.15) is 5.10 Å². The highest BCUT2D eigenvalue weighted by Gasteiger charge is 2.20. The van der Waals surface area contributed by atoms with Gasteiger partial charge in [0, 0.05) is 17.3 Å². The Kier molecular flexibility index (Phi) is 4.58. The standard InChI is InChI=1S/C14H18ClN3O2S/c1-3-10(2)18-7-6-12(17-18)9-21(19,20)14-8-11(15)4-5-13(14)16/h4-8,10H,3,9,16H2,1-2H3. The van der Waals surface area contributed by atoms with Crippen molar-refractivity contribution in [2.45, 2.75) is 37.0 Å². The first-order valence-electron chi connectivity index (χ1n) is 6.65. The number of rotatable bonds is 5. The van der Waals surface area contributed by atoms with Gasteiger partial charge >= 0.3 is 0 Å². The van der Waals surface area contributed by atoms with Crippen molar-refractivity contribution in [3.05, 3.63) is 41.2 Å². The van der Waals surface area contributed by atoms with E-state index in [1.807, 2.05) is 6.92 Å². The number of anilines is 1. The number of nitrogens with zero attached hydrogens (tertiary/aromatic N) is 2. The van der Waals surface area contributed by atoms with E-state index in [-0.39, 0.29) is 22.4 Å². The maximum atomic E-state index is 12.4. The Labute approximate surface area is 129 Å². The third-order valence-electron chi connectivity index (χ3n) is 3.35. The minimum Gasteiger partial charge on any atom is -0.398 e. The SMILES string of the molecule is CCC(C)n1ccc(CS(=O)(=O)c2cc(Cl)ccc2N)n1. The zero-order valence-corrected chi connectivity index (χ0v) is 13.5.